The lowest BCUT2D eigenvalue weighted by atomic mass is 9.75. The maximum Gasteiger partial charge on any atom is 0.495 e. The number of hydrogen-bond donors (Lipinski definition) is 0. The van der Waals surface area contributed by atoms with Crippen LogP contribution < -0.4 is 5.46 Å². The quantitative estimate of drug-likeness (QED) is 0.648. The molecule has 30 heavy (non-hydrogen) atoms. The van der Waals surface area contributed by atoms with Gasteiger partial charge in [0.05, 0.1) is 16.8 Å². The molecule has 168 valence electrons. The van der Waals surface area contributed by atoms with E-state index in [1.165, 1.54) is 11.0 Å². The highest BCUT2D eigenvalue weighted by Gasteiger charge is 2.52. The maximum atomic E-state index is 13.4. The Hall–Kier alpha value is -1.74. The number of carbonyl (C=O) groups is 1. The molecular formula is C21H31BF3NO4. The summed E-state index contributed by atoms with van der Waals surface area (Å²) in [4.78, 5) is 13.9. The Morgan fingerprint density at radius 3 is 2.07 bits per heavy atom. The normalized spacial score (nSPS) is 18.4. The van der Waals surface area contributed by atoms with Crippen LogP contribution in [-0.2, 0) is 26.8 Å². The van der Waals surface area contributed by atoms with E-state index in [4.69, 9.17) is 14.0 Å². The number of amides is 1. The zero-order chi connectivity index (χ0) is 23.1. The second-order valence-corrected chi connectivity index (χ2v) is 9.49. The van der Waals surface area contributed by atoms with E-state index in [9.17, 15) is 18.0 Å². The predicted molar refractivity (Wildman–Crippen MR) is 109 cm³/mol. The summed E-state index contributed by atoms with van der Waals surface area (Å²) < 4.78 is 57.5. The molecule has 1 aliphatic rings. The second kappa shape index (κ2) is 8.07. The molecule has 1 saturated heterocycles. The first-order chi connectivity index (χ1) is 13.5. The Kier molecular flexibility index (Phi) is 6.60. The lowest BCUT2D eigenvalue weighted by molar-refractivity contribution is -0.137. The van der Waals surface area contributed by atoms with Crippen LogP contribution in [0.2, 0.25) is 0 Å². The molecular weight excluding hydrogens is 398 g/mol. The van der Waals surface area contributed by atoms with Gasteiger partial charge < -0.3 is 18.9 Å². The van der Waals surface area contributed by atoms with E-state index >= 15 is 0 Å². The van der Waals surface area contributed by atoms with Crippen molar-refractivity contribution in [3.8, 4) is 0 Å². The highest BCUT2D eigenvalue weighted by Crippen LogP contribution is 2.37. The van der Waals surface area contributed by atoms with E-state index in [0.717, 1.165) is 12.1 Å². The van der Waals surface area contributed by atoms with Gasteiger partial charge in [0.1, 0.15) is 5.60 Å². The number of benzene rings is 1. The Bertz CT molecular complexity index is 771. The minimum Gasteiger partial charge on any atom is -0.444 e. The number of ether oxygens (including phenoxy) is 1. The minimum atomic E-state index is -4.51. The number of nitrogens with zero attached hydrogens (tertiary/aromatic N) is 1. The van der Waals surface area contributed by atoms with Crippen LogP contribution in [0.15, 0.2) is 18.2 Å². The molecule has 0 spiro atoms. The first kappa shape index (κ1) is 24.5. The molecule has 0 aliphatic carbocycles. The van der Waals surface area contributed by atoms with Gasteiger partial charge in [-0.1, -0.05) is 12.1 Å². The first-order valence-corrected chi connectivity index (χ1v) is 10.0. The van der Waals surface area contributed by atoms with Gasteiger partial charge in [-0.05, 0) is 72.5 Å². The van der Waals surface area contributed by atoms with Crippen molar-refractivity contribution in [2.45, 2.75) is 84.9 Å². The monoisotopic (exact) mass is 429 g/mol. The summed E-state index contributed by atoms with van der Waals surface area (Å²) in [7, 11) is -0.843. The minimum absolute atomic E-state index is 0.0608. The average molecular weight is 429 g/mol. The van der Waals surface area contributed by atoms with Crippen molar-refractivity contribution in [1.82, 2.24) is 4.90 Å². The first-order valence-electron chi connectivity index (χ1n) is 10.0. The zero-order valence-electron chi connectivity index (χ0n) is 18.9. The molecule has 0 atom stereocenters. The molecule has 1 aromatic rings. The molecule has 0 unspecified atom stereocenters. The van der Waals surface area contributed by atoms with Gasteiger partial charge in [-0.15, -0.1) is 0 Å². The van der Waals surface area contributed by atoms with Crippen LogP contribution in [0.4, 0.5) is 18.0 Å². The average Bonchev–Trinajstić information content (AvgIpc) is 2.77. The largest absolute Gasteiger partial charge is 0.495 e. The van der Waals surface area contributed by atoms with Crippen LogP contribution >= 0.6 is 0 Å². The Labute approximate surface area is 177 Å². The molecule has 1 fully saturated rings. The summed E-state index contributed by atoms with van der Waals surface area (Å²) in [6, 6.07) is 3.42. The predicted octanol–water partition coefficient (Wildman–Crippen LogP) is 4.76. The maximum absolute atomic E-state index is 13.4. The van der Waals surface area contributed by atoms with Gasteiger partial charge >= 0.3 is 19.4 Å². The van der Waals surface area contributed by atoms with Crippen LogP contribution in [0.25, 0.3) is 0 Å². The molecule has 1 heterocycles. The van der Waals surface area contributed by atoms with Crippen LogP contribution in [0.1, 0.15) is 66.5 Å². The Morgan fingerprint density at radius 2 is 1.63 bits per heavy atom. The molecule has 0 N–H and O–H groups in total. The molecule has 0 aromatic heterocycles. The molecule has 1 aliphatic heterocycles. The summed E-state index contributed by atoms with van der Waals surface area (Å²) >= 11 is 0. The van der Waals surface area contributed by atoms with Gasteiger partial charge in [-0.3, -0.25) is 0 Å². The van der Waals surface area contributed by atoms with E-state index < -0.39 is 41.8 Å². The van der Waals surface area contributed by atoms with Crippen molar-refractivity contribution in [2.75, 3.05) is 6.54 Å². The van der Waals surface area contributed by atoms with Crippen molar-refractivity contribution in [2.24, 2.45) is 0 Å². The lowest BCUT2D eigenvalue weighted by Crippen LogP contribution is -2.41. The summed E-state index contributed by atoms with van der Waals surface area (Å²) in [5, 5.41) is 0. The topological polar surface area (TPSA) is 48.0 Å². The molecule has 0 radical (unpaired) electrons. The van der Waals surface area contributed by atoms with Crippen LogP contribution in [-0.4, -0.2) is 41.5 Å². The fourth-order valence-electron chi connectivity index (χ4n) is 2.96. The van der Waals surface area contributed by atoms with Crippen molar-refractivity contribution >= 4 is 18.7 Å². The number of halogens is 3. The van der Waals surface area contributed by atoms with E-state index in [0.29, 0.717) is 11.0 Å². The Balaban J connectivity index is 2.44. The van der Waals surface area contributed by atoms with Crippen LogP contribution in [0, 0.1) is 0 Å². The third kappa shape index (κ3) is 5.49. The van der Waals surface area contributed by atoms with Crippen LogP contribution in [0.3, 0.4) is 0 Å². The molecule has 1 aromatic carbocycles. The zero-order valence-corrected chi connectivity index (χ0v) is 18.9. The van der Waals surface area contributed by atoms with E-state index in [-0.39, 0.29) is 13.1 Å². The molecule has 2 rings (SSSR count). The summed E-state index contributed by atoms with van der Waals surface area (Å²) in [5.41, 5.74) is -2.04. The summed E-state index contributed by atoms with van der Waals surface area (Å²) in [6.07, 6.45) is -5.10. The van der Waals surface area contributed by atoms with Gasteiger partial charge in [0.25, 0.3) is 0 Å². The highest BCUT2D eigenvalue weighted by molar-refractivity contribution is 6.62. The smallest absolute Gasteiger partial charge is 0.444 e. The molecule has 0 bridgehead atoms. The second-order valence-electron chi connectivity index (χ2n) is 9.49. The molecule has 1 amide bonds. The van der Waals surface area contributed by atoms with Gasteiger partial charge in [0, 0.05) is 13.1 Å². The van der Waals surface area contributed by atoms with Crippen molar-refractivity contribution in [1.29, 1.82) is 0 Å². The highest BCUT2D eigenvalue weighted by atomic mass is 19.4. The summed E-state index contributed by atoms with van der Waals surface area (Å²) in [5.74, 6) is 0. The standard InChI is InChI=1S/C21H31BF3NO4/c1-9-26(17(27)28-18(2,3)4)13-14-12-15(21(23,24)25)10-11-16(14)22-29-19(5,6)20(7,8)30-22/h10-12H,9,13H2,1-8H3. The van der Waals surface area contributed by atoms with E-state index in [1.807, 2.05) is 27.7 Å². The number of carbonyl (C=O) groups excluding carboxylic acids is 1. The third-order valence-corrected chi connectivity index (χ3v) is 5.37. The van der Waals surface area contributed by atoms with Gasteiger partial charge in [0.15, 0.2) is 0 Å². The molecule has 0 saturated carbocycles. The van der Waals surface area contributed by atoms with Gasteiger partial charge in [0.2, 0.25) is 0 Å². The number of hydrogen-bond acceptors (Lipinski definition) is 4. The fourth-order valence-corrected chi connectivity index (χ4v) is 2.96. The van der Waals surface area contributed by atoms with Gasteiger partial charge in [-0.2, -0.15) is 13.2 Å². The van der Waals surface area contributed by atoms with E-state index in [2.05, 4.69) is 0 Å². The fraction of sp³-hybridized carbons (Fsp3) is 0.667. The van der Waals surface area contributed by atoms with Gasteiger partial charge in [-0.25, -0.2) is 4.79 Å². The van der Waals surface area contributed by atoms with E-state index in [1.54, 1.807) is 27.7 Å². The van der Waals surface area contributed by atoms with Crippen molar-refractivity contribution in [3.63, 3.8) is 0 Å². The van der Waals surface area contributed by atoms with Crippen LogP contribution in [0.5, 0.6) is 0 Å². The Morgan fingerprint density at radius 1 is 1.10 bits per heavy atom. The number of rotatable bonds is 4. The lowest BCUT2D eigenvalue weighted by Gasteiger charge is -2.32. The number of alkyl halides is 3. The van der Waals surface area contributed by atoms with Crippen molar-refractivity contribution < 1.29 is 32.0 Å². The molecule has 5 nitrogen and oxygen atoms in total. The third-order valence-electron chi connectivity index (χ3n) is 5.37. The molecule has 9 heteroatoms. The summed E-state index contributed by atoms with van der Waals surface area (Å²) in [6.45, 7) is 14.6. The van der Waals surface area contributed by atoms with Crippen molar-refractivity contribution in [3.05, 3.63) is 29.3 Å². The SMILES string of the molecule is CCN(Cc1cc(C(F)(F)F)ccc1B1OC(C)(C)C(C)(C)O1)C(=O)OC(C)(C)C.